The van der Waals surface area contributed by atoms with Crippen LogP contribution in [0.25, 0.3) is 0 Å². The summed E-state index contributed by atoms with van der Waals surface area (Å²) >= 11 is 0. The third-order valence-corrected chi connectivity index (χ3v) is 2.19. The summed E-state index contributed by atoms with van der Waals surface area (Å²) in [5, 5.41) is 34.7. The molecule has 0 saturated heterocycles. The summed E-state index contributed by atoms with van der Waals surface area (Å²) in [7, 11) is 0. The Morgan fingerprint density at radius 3 is 1.30 bits per heavy atom. The molecular weight excluding hydrogens is 404 g/mol. The van der Waals surface area contributed by atoms with E-state index in [1.54, 1.807) is 12.4 Å². The van der Waals surface area contributed by atoms with Crippen LogP contribution in [0.3, 0.4) is 0 Å². The van der Waals surface area contributed by atoms with Crippen molar-refractivity contribution in [3.05, 3.63) is 60.2 Å². The number of pyridine rings is 2. The number of aliphatic hydroxyl groups is 2. The predicted octanol–water partition coefficient (Wildman–Crippen LogP) is -1.26. The summed E-state index contributed by atoms with van der Waals surface area (Å²) in [5.74, 6) is -2.17. The molecule has 0 bridgehead atoms. The van der Waals surface area contributed by atoms with Crippen molar-refractivity contribution in [2.75, 3.05) is 13.2 Å². The molecule has 0 fully saturated rings. The molecule has 0 unspecified atom stereocenters. The monoisotopic (exact) mass is 427 g/mol. The smallest absolute Gasteiger partial charge is 0.550 e. The van der Waals surface area contributed by atoms with Crippen molar-refractivity contribution in [3.63, 3.8) is 0 Å². The molecule has 0 aliphatic carbocycles. The Bertz CT molecular complexity index is 523. The summed E-state index contributed by atoms with van der Waals surface area (Å²) < 4.78 is 0. The first kappa shape index (κ1) is 29.4. The second-order valence-corrected chi connectivity index (χ2v) is 4.57. The van der Waals surface area contributed by atoms with Crippen molar-refractivity contribution in [1.82, 2.24) is 9.97 Å². The van der Waals surface area contributed by atoms with E-state index >= 15 is 0 Å². The molecule has 153 valence electrons. The van der Waals surface area contributed by atoms with E-state index in [1.807, 2.05) is 36.4 Å². The van der Waals surface area contributed by atoms with Crippen molar-refractivity contribution < 1.29 is 47.1 Å². The van der Waals surface area contributed by atoms with Crippen LogP contribution in [0.5, 0.6) is 0 Å². The Hall–Kier alpha value is -2.32. The number of carboxylic acids is 2. The molecule has 0 aromatic carbocycles. The number of aliphatic carboxylic acids is 2. The molecule has 0 saturated carbocycles. The molecule has 0 atom stereocenters. The average molecular weight is 428 g/mol. The molecule has 0 amide bonds. The van der Waals surface area contributed by atoms with Gasteiger partial charge >= 0.3 is 17.1 Å². The Kier molecular flexibility index (Phi) is 23.7. The molecule has 8 nitrogen and oxygen atoms in total. The van der Waals surface area contributed by atoms with Gasteiger partial charge in [0, 0.05) is 61.8 Å². The summed E-state index contributed by atoms with van der Waals surface area (Å²) in [4.78, 5) is 25.8. The van der Waals surface area contributed by atoms with Gasteiger partial charge in [-0.05, 0) is 38.1 Å². The number of hydrogen-bond acceptors (Lipinski definition) is 8. The first-order valence-electron chi connectivity index (χ1n) is 7.70. The molecule has 1 radical (unpaired) electrons. The molecule has 0 aliphatic rings. The number of aliphatic hydroxyl groups excluding tert-OH is 2. The zero-order chi connectivity index (χ0) is 20.2. The Morgan fingerprint density at radius 2 is 1.11 bits per heavy atom. The van der Waals surface area contributed by atoms with Crippen LogP contribution < -0.4 is 10.2 Å². The van der Waals surface area contributed by atoms with Gasteiger partial charge in [-0.15, -0.1) is 0 Å². The van der Waals surface area contributed by atoms with Crippen LogP contribution in [-0.4, -0.2) is 45.3 Å². The Morgan fingerprint density at radius 1 is 0.815 bits per heavy atom. The first-order valence-corrected chi connectivity index (χ1v) is 7.70. The van der Waals surface area contributed by atoms with Gasteiger partial charge in [0.2, 0.25) is 0 Å². The number of carbonyl (C=O) groups excluding carboxylic acids is 2. The average Bonchev–Trinajstić information content (AvgIpc) is 2.57. The van der Waals surface area contributed by atoms with Gasteiger partial charge in [-0.1, -0.05) is 12.1 Å². The molecule has 2 N–H and O–H groups in total. The molecule has 2 aromatic heterocycles. The first-order chi connectivity index (χ1) is 12.3. The van der Waals surface area contributed by atoms with Gasteiger partial charge in [-0.25, -0.2) is 0 Å². The normalized spacial score (nSPS) is 8.15. The maximum absolute atomic E-state index is 8.89. The number of hydrogen-bond donors (Lipinski definition) is 2. The maximum Gasteiger partial charge on any atom is 2.00 e. The van der Waals surface area contributed by atoms with Crippen LogP contribution in [0.2, 0.25) is 0 Å². The van der Waals surface area contributed by atoms with Gasteiger partial charge in [-0.2, -0.15) is 0 Å². The Labute approximate surface area is 169 Å². The molecule has 0 spiro atoms. The Balaban J connectivity index is -0.000000303. The van der Waals surface area contributed by atoms with Crippen LogP contribution in [-0.2, 0) is 39.5 Å². The molecule has 2 heterocycles. The van der Waals surface area contributed by atoms with Gasteiger partial charge in [0.05, 0.1) is 0 Å². The number of carboxylic acid groups (broad SMARTS) is 2. The topological polar surface area (TPSA) is 146 Å². The van der Waals surface area contributed by atoms with Gasteiger partial charge < -0.3 is 30.0 Å². The summed E-state index contributed by atoms with van der Waals surface area (Å²) in [6.07, 6.45) is 4.76. The van der Waals surface area contributed by atoms with Crippen LogP contribution >= 0.6 is 0 Å². The summed E-state index contributed by atoms with van der Waals surface area (Å²) in [6.45, 7) is 2.30. The van der Waals surface area contributed by atoms with Crippen LogP contribution in [0.1, 0.15) is 25.2 Å². The van der Waals surface area contributed by atoms with Gasteiger partial charge in [0.1, 0.15) is 0 Å². The second kappa shape index (κ2) is 21.7. The fourth-order valence-corrected chi connectivity index (χ4v) is 1.32. The zero-order valence-electron chi connectivity index (χ0n) is 15.2. The molecule has 0 aliphatic heterocycles. The third kappa shape index (κ3) is 28.7. The number of aromatic nitrogens is 2. The van der Waals surface area contributed by atoms with Crippen LogP contribution in [0, 0.1) is 0 Å². The summed E-state index contributed by atoms with van der Waals surface area (Å²) in [5.41, 5.74) is 1.89. The van der Waals surface area contributed by atoms with Crippen LogP contribution in [0.4, 0.5) is 0 Å². The minimum absolute atomic E-state index is 0. The number of nitrogens with zero attached hydrogens (tertiary/aromatic N) is 2. The molecular formula is C18H24CuN2O6. The van der Waals surface area contributed by atoms with E-state index in [0.29, 0.717) is 12.8 Å². The fraction of sp³-hybridized carbons (Fsp3) is 0.333. The fourth-order valence-electron chi connectivity index (χ4n) is 1.32. The van der Waals surface area contributed by atoms with E-state index in [0.717, 1.165) is 25.2 Å². The van der Waals surface area contributed by atoms with Crippen molar-refractivity contribution in [3.8, 4) is 0 Å². The van der Waals surface area contributed by atoms with Gasteiger partial charge in [0.25, 0.3) is 0 Å². The van der Waals surface area contributed by atoms with E-state index in [-0.39, 0.29) is 30.3 Å². The van der Waals surface area contributed by atoms with E-state index < -0.39 is 11.9 Å². The molecule has 27 heavy (non-hydrogen) atoms. The minimum atomic E-state index is -1.08. The third-order valence-electron chi connectivity index (χ3n) is 2.19. The largest absolute Gasteiger partial charge is 2.00 e. The maximum atomic E-state index is 8.89. The van der Waals surface area contributed by atoms with E-state index in [2.05, 4.69) is 9.97 Å². The van der Waals surface area contributed by atoms with Crippen molar-refractivity contribution in [2.45, 2.75) is 26.7 Å². The van der Waals surface area contributed by atoms with E-state index in [1.165, 1.54) is 0 Å². The second-order valence-electron chi connectivity index (χ2n) is 4.57. The molecule has 2 rings (SSSR count). The summed E-state index contributed by atoms with van der Waals surface area (Å²) in [6, 6.07) is 11.4. The number of rotatable bonds is 4. The van der Waals surface area contributed by atoms with Crippen molar-refractivity contribution in [2.24, 2.45) is 0 Å². The predicted molar refractivity (Wildman–Crippen MR) is 91.4 cm³/mol. The van der Waals surface area contributed by atoms with Crippen molar-refractivity contribution in [1.29, 1.82) is 0 Å². The van der Waals surface area contributed by atoms with Gasteiger partial charge in [0.15, 0.2) is 0 Å². The van der Waals surface area contributed by atoms with Crippen molar-refractivity contribution >= 4 is 11.9 Å². The standard InChI is InChI=1S/2C7H9NO.2C2H4O2.Cu/c2*9-6-4-7-3-1-2-5-8-7;2*1-2(3)4;/h2*1-3,5,9H,4,6H2;2*1H3,(H,3,4);/q;;;;+2/p-2. The molecule has 2 aromatic rings. The minimum Gasteiger partial charge on any atom is -0.550 e. The zero-order valence-corrected chi connectivity index (χ0v) is 16.1. The quantitative estimate of drug-likeness (QED) is 0.575. The van der Waals surface area contributed by atoms with E-state index in [9.17, 15) is 0 Å². The van der Waals surface area contributed by atoms with Crippen LogP contribution in [0.15, 0.2) is 48.8 Å². The SMILES string of the molecule is CC(=O)[O-].CC(=O)[O-].OCCc1ccccn1.OCCc1ccccn1.[Cu+2]. The van der Waals surface area contributed by atoms with E-state index in [4.69, 9.17) is 30.0 Å². The molecule has 9 heteroatoms. The number of carbonyl (C=O) groups is 2. The van der Waals surface area contributed by atoms with Gasteiger partial charge in [-0.3, -0.25) is 9.97 Å².